The lowest BCUT2D eigenvalue weighted by atomic mass is 10.2. The molecule has 0 unspecified atom stereocenters. The monoisotopic (exact) mass is 179 g/mol. The first-order valence-electron chi connectivity index (χ1n) is 4.66. The van der Waals surface area contributed by atoms with Gasteiger partial charge in [-0.15, -0.1) is 0 Å². The maximum Gasteiger partial charge on any atom is 0.107 e. The Morgan fingerprint density at radius 1 is 1.31 bits per heavy atom. The van der Waals surface area contributed by atoms with Gasteiger partial charge in [0.2, 0.25) is 0 Å². The molecule has 0 aromatic heterocycles. The highest BCUT2D eigenvalue weighted by molar-refractivity contribution is 5.14. The molecule has 1 rings (SSSR count). The van der Waals surface area contributed by atoms with E-state index in [4.69, 9.17) is 0 Å². The van der Waals surface area contributed by atoms with Crippen LogP contribution < -0.4 is 0 Å². The molecule has 1 N–H and O–H groups in total. The average molecular weight is 179 g/mol. The Hall–Kier alpha value is -0.860. The van der Waals surface area contributed by atoms with Gasteiger partial charge >= 0.3 is 0 Å². The largest absolute Gasteiger partial charge is 0.378 e. The number of aliphatic hydroxyl groups excluding tert-OH is 1. The molecule has 0 aliphatic rings. The molecule has 0 saturated heterocycles. The Labute approximate surface area is 79.8 Å². The maximum absolute atomic E-state index is 9.51. The van der Waals surface area contributed by atoms with Gasteiger partial charge in [0.1, 0.15) is 6.23 Å². The van der Waals surface area contributed by atoms with Crippen molar-refractivity contribution >= 4 is 0 Å². The van der Waals surface area contributed by atoms with Crippen molar-refractivity contribution in [1.82, 2.24) is 4.90 Å². The highest BCUT2D eigenvalue weighted by Gasteiger charge is 2.07. The molecule has 1 atom stereocenters. The van der Waals surface area contributed by atoms with Crippen LogP contribution in [0.3, 0.4) is 0 Å². The number of benzene rings is 1. The lowest BCUT2D eigenvalue weighted by Gasteiger charge is -2.21. The Morgan fingerprint density at radius 3 is 2.46 bits per heavy atom. The number of nitrogens with zero attached hydrogens (tertiary/aromatic N) is 1. The first-order valence-corrected chi connectivity index (χ1v) is 4.66. The van der Waals surface area contributed by atoms with E-state index in [1.807, 2.05) is 37.1 Å². The fourth-order valence-corrected chi connectivity index (χ4v) is 1.29. The van der Waals surface area contributed by atoms with Crippen LogP contribution in [0.15, 0.2) is 30.3 Å². The molecule has 0 bridgehead atoms. The molecule has 0 radical (unpaired) electrons. The summed E-state index contributed by atoms with van der Waals surface area (Å²) in [6, 6.07) is 10.2. The van der Waals surface area contributed by atoms with E-state index in [1.165, 1.54) is 5.56 Å². The van der Waals surface area contributed by atoms with Crippen molar-refractivity contribution in [3.63, 3.8) is 0 Å². The molecule has 0 aliphatic heterocycles. The number of aliphatic hydroxyl groups is 1. The maximum atomic E-state index is 9.51. The van der Waals surface area contributed by atoms with Crippen molar-refractivity contribution in [2.24, 2.45) is 0 Å². The molecular weight excluding hydrogens is 162 g/mol. The summed E-state index contributed by atoms with van der Waals surface area (Å²) < 4.78 is 0. The van der Waals surface area contributed by atoms with Gasteiger partial charge < -0.3 is 5.11 Å². The Bertz CT molecular complexity index is 235. The van der Waals surface area contributed by atoms with Gasteiger partial charge in [-0.25, -0.2) is 0 Å². The van der Waals surface area contributed by atoms with Crippen LogP contribution in [0.4, 0.5) is 0 Å². The predicted octanol–water partition coefficient (Wildman–Crippen LogP) is 1.85. The summed E-state index contributed by atoms with van der Waals surface area (Å²) in [5.41, 5.74) is 1.23. The highest BCUT2D eigenvalue weighted by Crippen LogP contribution is 2.05. The SMILES string of the molecule is CC[C@H](O)N(C)Cc1ccccc1. The molecule has 0 saturated carbocycles. The van der Waals surface area contributed by atoms with Gasteiger partial charge in [-0.05, 0) is 19.0 Å². The molecule has 0 fully saturated rings. The summed E-state index contributed by atoms with van der Waals surface area (Å²) in [6.45, 7) is 2.78. The van der Waals surface area contributed by atoms with Crippen LogP contribution in [0, 0.1) is 0 Å². The van der Waals surface area contributed by atoms with E-state index in [9.17, 15) is 5.11 Å². The van der Waals surface area contributed by atoms with Crippen LogP contribution in [-0.4, -0.2) is 23.3 Å². The van der Waals surface area contributed by atoms with E-state index >= 15 is 0 Å². The summed E-state index contributed by atoms with van der Waals surface area (Å²) in [7, 11) is 1.93. The molecule has 0 amide bonds. The van der Waals surface area contributed by atoms with Crippen molar-refractivity contribution in [3.8, 4) is 0 Å². The second kappa shape index (κ2) is 5.00. The van der Waals surface area contributed by atoms with Crippen molar-refractivity contribution < 1.29 is 5.11 Å². The summed E-state index contributed by atoms with van der Waals surface area (Å²) >= 11 is 0. The molecular formula is C11H17NO. The molecule has 2 heteroatoms. The van der Waals surface area contributed by atoms with Crippen molar-refractivity contribution in [1.29, 1.82) is 0 Å². The Kier molecular flexibility index (Phi) is 3.93. The molecule has 0 spiro atoms. The molecule has 1 aromatic carbocycles. The second-order valence-corrected chi connectivity index (χ2v) is 3.29. The third-order valence-electron chi connectivity index (χ3n) is 2.15. The van der Waals surface area contributed by atoms with E-state index in [2.05, 4.69) is 12.1 Å². The minimum Gasteiger partial charge on any atom is -0.378 e. The van der Waals surface area contributed by atoms with Gasteiger partial charge in [-0.1, -0.05) is 37.3 Å². The quantitative estimate of drug-likeness (QED) is 0.713. The van der Waals surface area contributed by atoms with Gasteiger partial charge in [0.05, 0.1) is 0 Å². The zero-order valence-corrected chi connectivity index (χ0v) is 8.27. The Balaban J connectivity index is 2.50. The topological polar surface area (TPSA) is 23.5 Å². The van der Waals surface area contributed by atoms with Gasteiger partial charge in [-0.2, -0.15) is 0 Å². The highest BCUT2D eigenvalue weighted by atomic mass is 16.3. The lowest BCUT2D eigenvalue weighted by molar-refractivity contribution is 0.0143. The van der Waals surface area contributed by atoms with Crippen LogP contribution in [0.2, 0.25) is 0 Å². The van der Waals surface area contributed by atoms with Gasteiger partial charge in [0.15, 0.2) is 0 Å². The number of hydrogen-bond acceptors (Lipinski definition) is 2. The van der Waals surface area contributed by atoms with E-state index in [1.54, 1.807) is 0 Å². The zero-order chi connectivity index (χ0) is 9.68. The standard InChI is InChI=1S/C11H17NO/c1-3-11(13)12(2)9-10-7-5-4-6-8-10/h4-8,11,13H,3,9H2,1-2H3/t11-/m0/s1. The van der Waals surface area contributed by atoms with Gasteiger partial charge in [0.25, 0.3) is 0 Å². The van der Waals surface area contributed by atoms with Crippen LogP contribution in [-0.2, 0) is 6.54 Å². The second-order valence-electron chi connectivity index (χ2n) is 3.29. The van der Waals surface area contributed by atoms with Crippen LogP contribution in [0.25, 0.3) is 0 Å². The predicted molar refractivity (Wildman–Crippen MR) is 54.2 cm³/mol. The summed E-state index contributed by atoms with van der Waals surface area (Å²) in [5, 5.41) is 9.51. The van der Waals surface area contributed by atoms with E-state index in [0.29, 0.717) is 0 Å². The minimum atomic E-state index is -0.333. The smallest absolute Gasteiger partial charge is 0.107 e. The normalized spacial score (nSPS) is 13.2. The summed E-state index contributed by atoms with van der Waals surface area (Å²) in [6.07, 6.45) is 0.434. The minimum absolute atomic E-state index is 0.333. The van der Waals surface area contributed by atoms with E-state index in [-0.39, 0.29) is 6.23 Å². The summed E-state index contributed by atoms with van der Waals surface area (Å²) in [5.74, 6) is 0. The Morgan fingerprint density at radius 2 is 1.92 bits per heavy atom. The van der Waals surface area contributed by atoms with Crippen molar-refractivity contribution in [3.05, 3.63) is 35.9 Å². The first kappa shape index (κ1) is 10.2. The van der Waals surface area contributed by atoms with Crippen molar-refractivity contribution in [2.45, 2.75) is 26.1 Å². The number of hydrogen-bond donors (Lipinski definition) is 1. The van der Waals surface area contributed by atoms with Gasteiger partial charge in [-0.3, -0.25) is 4.90 Å². The zero-order valence-electron chi connectivity index (χ0n) is 8.27. The van der Waals surface area contributed by atoms with Crippen LogP contribution in [0.1, 0.15) is 18.9 Å². The summed E-state index contributed by atoms with van der Waals surface area (Å²) in [4.78, 5) is 1.94. The van der Waals surface area contributed by atoms with Gasteiger partial charge in [0, 0.05) is 6.54 Å². The molecule has 13 heavy (non-hydrogen) atoms. The van der Waals surface area contributed by atoms with E-state index < -0.39 is 0 Å². The molecule has 0 heterocycles. The van der Waals surface area contributed by atoms with Crippen LogP contribution >= 0.6 is 0 Å². The first-order chi connectivity index (χ1) is 6.24. The molecule has 2 nitrogen and oxygen atoms in total. The van der Waals surface area contributed by atoms with Crippen molar-refractivity contribution in [2.75, 3.05) is 7.05 Å². The van der Waals surface area contributed by atoms with Crippen LogP contribution in [0.5, 0.6) is 0 Å². The molecule has 0 aliphatic carbocycles. The third-order valence-corrected chi connectivity index (χ3v) is 2.15. The third kappa shape index (κ3) is 3.17. The fraction of sp³-hybridized carbons (Fsp3) is 0.455. The average Bonchev–Trinajstić information content (AvgIpc) is 2.18. The number of rotatable bonds is 4. The fourth-order valence-electron chi connectivity index (χ4n) is 1.29. The molecule has 72 valence electrons. The van der Waals surface area contributed by atoms with E-state index in [0.717, 1.165) is 13.0 Å². The lowest BCUT2D eigenvalue weighted by Crippen LogP contribution is -2.30. The molecule has 1 aromatic rings.